The molecule has 3 N–H and O–H groups in total. The summed E-state index contributed by atoms with van der Waals surface area (Å²) >= 11 is 0. The van der Waals surface area contributed by atoms with Gasteiger partial charge in [0.05, 0.1) is 36.3 Å². The van der Waals surface area contributed by atoms with E-state index in [2.05, 4.69) is 10.6 Å². The molecule has 0 radical (unpaired) electrons. The molecular weight excluding hydrogens is 326 g/mol. The molecule has 1 aliphatic heterocycles. The van der Waals surface area contributed by atoms with Gasteiger partial charge >= 0.3 is 0 Å². The highest BCUT2D eigenvalue weighted by Crippen LogP contribution is 2.34. The van der Waals surface area contributed by atoms with Crippen LogP contribution in [0.25, 0.3) is 11.3 Å². The van der Waals surface area contributed by atoms with Crippen molar-refractivity contribution in [2.75, 3.05) is 26.7 Å². The maximum Gasteiger partial charge on any atom is 0.284 e. The van der Waals surface area contributed by atoms with Gasteiger partial charge in [0.15, 0.2) is 0 Å². The van der Waals surface area contributed by atoms with Crippen molar-refractivity contribution >= 4 is 5.69 Å². The van der Waals surface area contributed by atoms with Gasteiger partial charge in [-0.1, -0.05) is 0 Å². The van der Waals surface area contributed by atoms with E-state index in [-0.39, 0.29) is 17.7 Å². The molecule has 25 heavy (non-hydrogen) atoms. The third-order valence-electron chi connectivity index (χ3n) is 4.34. The minimum atomic E-state index is -0.452. The van der Waals surface area contributed by atoms with Crippen molar-refractivity contribution in [2.24, 2.45) is 5.92 Å². The first-order valence-electron chi connectivity index (χ1n) is 8.09. The fourth-order valence-corrected chi connectivity index (χ4v) is 2.92. The molecule has 1 saturated heterocycles. The lowest BCUT2D eigenvalue weighted by molar-refractivity contribution is -0.384. The molecule has 1 aliphatic rings. The molecular formula is C17H21N3O5. The van der Waals surface area contributed by atoms with Crippen LogP contribution in [0.5, 0.6) is 5.75 Å². The number of hydrogen-bond donors (Lipinski definition) is 3. The third-order valence-corrected chi connectivity index (χ3v) is 4.34. The van der Waals surface area contributed by atoms with Gasteiger partial charge < -0.3 is 24.9 Å². The van der Waals surface area contributed by atoms with Gasteiger partial charge in [0.2, 0.25) is 0 Å². The Kier molecular flexibility index (Phi) is 5.32. The number of aliphatic hydroxyl groups excluding tert-OH is 1. The zero-order valence-corrected chi connectivity index (χ0v) is 13.9. The molecule has 1 fully saturated rings. The lowest BCUT2D eigenvalue weighted by Crippen LogP contribution is -2.30. The average Bonchev–Trinajstić information content (AvgIpc) is 3.24. The Balaban J connectivity index is 1.68. The van der Waals surface area contributed by atoms with Gasteiger partial charge in [0.25, 0.3) is 5.69 Å². The van der Waals surface area contributed by atoms with Gasteiger partial charge in [-0.25, -0.2) is 0 Å². The van der Waals surface area contributed by atoms with Crippen LogP contribution in [0.1, 0.15) is 5.76 Å². The van der Waals surface area contributed by atoms with Gasteiger partial charge in [0, 0.05) is 25.6 Å². The predicted molar refractivity (Wildman–Crippen MR) is 91.4 cm³/mol. The molecule has 2 atom stereocenters. The number of furan rings is 1. The normalized spacial score (nSPS) is 19.9. The summed E-state index contributed by atoms with van der Waals surface area (Å²) in [6, 6.07) is 8.17. The van der Waals surface area contributed by atoms with Crippen LogP contribution in [0.3, 0.4) is 0 Å². The lowest BCUT2D eigenvalue weighted by atomic mass is 10.1. The van der Waals surface area contributed by atoms with Crippen molar-refractivity contribution < 1.29 is 19.2 Å². The van der Waals surface area contributed by atoms with Crippen molar-refractivity contribution in [2.45, 2.75) is 12.6 Å². The maximum atomic E-state index is 11.3. The Hall–Kier alpha value is -2.42. The highest BCUT2D eigenvalue weighted by molar-refractivity contribution is 5.71. The van der Waals surface area contributed by atoms with Crippen molar-refractivity contribution in [3.63, 3.8) is 0 Å². The van der Waals surface area contributed by atoms with E-state index in [1.54, 1.807) is 24.3 Å². The summed E-state index contributed by atoms with van der Waals surface area (Å²) in [6.07, 6.45) is -0.332. The third kappa shape index (κ3) is 3.98. The van der Waals surface area contributed by atoms with Crippen LogP contribution in [0, 0.1) is 16.0 Å². The lowest BCUT2D eigenvalue weighted by Gasteiger charge is -2.13. The summed E-state index contributed by atoms with van der Waals surface area (Å²) in [6.45, 7) is 2.58. The predicted octanol–water partition coefficient (Wildman–Crippen LogP) is 1.53. The van der Waals surface area contributed by atoms with E-state index in [1.165, 1.54) is 13.2 Å². The monoisotopic (exact) mass is 347 g/mol. The van der Waals surface area contributed by atoms with E-state index in [1.807, 2.05) is 0 Å². The zero-order valence-electron chi connectivity index (χ0n) is 13.9. The first kappa shape index (κ1) is 17.4. The Labute approximate surface area is 144 Å². The number of benzene rings is 1. The number of hydrogen-bond acceptors (Lipinski definition) is 7. The Morgan fingerprint density at radius 1 is 1.40 bits per heavy atom. The Bertz CT molecular complexity index is 746. The van der Waals surface area contributed by atoms with Crippen LogP contribution in [-0.4, -0.2) is 42.9 Å². The highest BCUT2D eigenvalue weighted by atomic mass is 16.6. The van der Waals surface area contributed by atoms with Crippen LogP contribution in [0.2, 0.25) is 0 Å². The SMILES string of the molecule is COc1ccc(-c2ccc(CNCC3CNCC3O)o2)c([N+](=O)[O-])c1. The molecule has 0 aliphatic carbocycles. The molecule has 3 rings (SSSR count). The molecule has 2 aromatic rings. The number of nitro groups is 1. The second-order valence-corrected chi connectivity index (χ2v) is 6.02. The van der Waals surface area contributed by atoms with Crippen LogP contribution in [0.15, 0.2) is 34.7 Å². The number of rotatable bonds is 7. The standard InChI is InChI=1S/C17H21N3O5/c1-24-12-2-4-14(15(6-12)20(22)23)17-5-3-13(25-17)9-18-7-11-8-19-10-16(11)21/h2-6,11,16,18-19,21H,7-10H2,1H3. The molecule has 0 spiro atoms. The first-order valence-corrected chi connectivity index (χ1v) is 8.09. The number of β-amino-alcohol motifs (C(OH)–C–C–N with tert-alkyl or cyclic N) is 1. The summed E-state index contributed by atoms with van der Waals surface area (Å²) in [5, 5.41) is 27.4. The highest BCUT2D eigenvalue weighted by Gasteiger charge is 2.24. The summed E-state index contributed by atoms with van der Waals surface area (Å²) in [5.41, 5.74) is 0.348. The van der Waals surface area contributed by atoms with Gasteiger partial charge in [0.1, 0.15) is 17.3 Å². The molecule has 0 amide bonds. The number of nitrogens with one attached hydrogen (secondary N) is 2. The molecule has 0 bridgehead atoms. The van der Waals surface area contributed by atoms with Crippen LogP contribution >= 0.6 is 0 Å². The second-order valence-electron chi connectivity index (χ2n) is 6.02. The Morgan fingerprint density at radius 3 is 2.92 bits per heavy atom. The Morgan fingerprint density at radius 2 is 2.24 bits per heavy atom. The first-order chi connectivity index (χ1) is 12.1. The van der Waals surface area contributed by atoms with E-state index in [9.17, 15) is 15.2 Å². The van der Waals surface area contributed by atoms with E-state index < -0.39 is 4.92 Å². The van der Waals surface area contributed by atoms with E-state index >= 15 is 0 Å². The molecule has 2 heterocycles. The average molecular weight is 347 g/mol. The summed E-state index contributed by atoms with van der Waals surface area (Å²) in [7, 11) is 1.46. The quantitative estimate of drug-likeness (QED) is 0.515. The largest absolute Gasteiger partial charge is 0.497 e. The summed E-state index contributed by atoms with van der Waals surface area (Å²) < 4.78 is 10.8. The van der Waals surface area contributed by atoms with Crippen molar-refractivity contribution in [1.82, 2.24) is 10.6 Å². The zero-order chi connectivity index (χ0) is 17.8. The van der Waals surface area contributed by atoms with E-state index in [0.717, 1.165) is 6.54 Å². The second kappa shape index (κ2) is 7.64. The van der Waals surface area contributed by atoms with Crippen molar-refractivity contribution in [3.8, 4) is 17.1 Å². The van der Waals surface area contributed by atoms with Crippen molar-refractivity contribution in [3.05, 3.63) is 46.2 Å². The number of nitro benzene ring substituents is 1. The van der Waals surface area contributed by atoms with Crippen LogP contribution in [-0.2, 0) is 6.54 Å². The van der Waals surface area contributed by atoms with E-state index in [4.69, 9.17) is 9.15 Å². The maximum absolute atomic E-state index is 11.3. The number of ether oxygens (including phenoxy) is 1. The van der Waals surface area contributed by atoms with Gasteiger partial charge in [-0.3, -0.25) is 10.1 Å². The number of methoxy groups -OCH3 is 1. The van der Waals surface area contributed by atoms with Gasteiger partial charge in [-0.05, 0) is 24.3 Å². The molecule has 8 nitrogen and oxygen atoms in total. The number of aliphatic hydroxyl groups is 1. The molecule has 8 heteroatoms. The van der Waals surface area contributed by atoms with E-state index in [0.29, 0.717) is 42.5 Å². The minimum Gasteiger partial charge on any atom is -0.497 e. The molecule has 1 aromatic heterocycles. The van der Waals surface area contributed by atoms with Gasteiger partial charge in [-0.15, -0.1) is 0 Å². The molecule has 0 saturated carbocycles. The minimum absolute atomic E-state index is 0.0617. The molecule has 1 aromatic carbocycles. The smallest absolute Gasteiger partial charge is 0.284 e. The van der Waals surface area contributed by atoms with Gasteiger partial charge in [-0.2, -0.15) is 0 Å². The molecule has 2 unspecified atom stereocenters. The fourth-order valence-electron chi connectivity index (χ4n) is 2.92. The van der Waals surface area contributed by atoms with Crippen molar-refractivity contribution in [1.29, 1.82) is 0 Å². The van der Waals surface area contributed by atoms with Crippen LogP contribution < -0.4 is 15.4 Å². The summed E-state index contributed by atoms with van der Waals surface area (Å²) in [4.78, 5) is 10.8. The molecule has 134 valence electrons. The fraction of sp³-hybridized carbons (Fsp3) is 0.412. The van der Waals surface area contributed by atoms with Crippen LogP contribution in [0.4, 0.5) is 5.69 Å². The number of nitrogens with zero attached hydrogens (tertiary/aromatic N) is 1. The topological polar surface area (TPSA) is 110 Å². The summed E-state index contributed by atoms with van der Waals surface area (Å²) in [5.74, 6) is 1.72.